The lowest BCUT2D eigenvalue weighted by atomic mass is 9.99. The molecule has 0 aliphatic carbocycles. The molecule has 23 heavy (non-hydrogen) atoms. The Kier molecular flexibility index (Phi) is 5.28. The van der Waals surface area contributed by atoms with E-state index in [1.54, 1.807) is 19.1 Å². The van der Waals surface area contributed by atoms with Gasteiger partial charge in [-0.2, -0.15) is 0 Å². The van der Waals surface area contributed by atoms with E-state index in [0.717, 1.165) is 51.7 Å². The van der Waals surface area contributed by atoms with Gasteiger partial charge in [-0.25, -0.2) is 4.39 Å². The second kappa shape index (κ2) is 7.41. The van der Waals surface area contributed by atoms with Crippen molar-refractivity contribution in [3.05, 3.63) is 35.1 Å². The van der Waals surface area contributed by atoms with Gasteiger partial charge in [0.25, 0.3) is 5.91 Å². The summed E-state index contributed by atoms with van der Waals surface area (Å²) in [6.07, 6.45) is 2.57. The van der Waals surface area contributed by atoms with Crippen LogP contribution < -0.4 is 5.32 Å². The summed E-state index contributed by atoms with van der Waals surface area (Å²) in [5.41, 5.74) is 1.03. The summed E-state index contributed by atoms with van der Waals surface area (Å²) < 4.78 is 13.6. The van der Waals surface area contributed by atoms with Crippen molar-refractivity contribution in [2.24, 2.45) is 5.92 Å². The third-order valence-corrected chi connectivity index (χ3v) is 4.99. The van der Waals surface area contributed by atoms with Gasteiger partial charge in [-0.15, -0.1) is 0 Å². The third-order valence-electron chi connectivity index (χ3n) is 4.99. The van der Waals surface area contributed by atoms with Crippen molar-refractivity contribution in [3.8, 4) is 0 Å². The molecule has 0 saturated carbocycles. The number of rotatable bonds is 3. The van der Waals surface area contributed by atoms with Crippen LogP contribution in [-0.2, 0) is 0 Å². The first kappa shape index (κ1) is 16.4. The molecule has 1 aromatic carbocycles. The molecule has 1 N–H and O–H groups in total. The van der Waals surface area contributed by atoms with Gasteiger partial charge in [0.05, 0.1) is 0 Å². The molecule has 0 aromatic heterocycles. The highest BCUT2D eigenvalue weighted by atomic mass is 19.1. The predicted molar refractivity (Wildman–Crippen MR) is 89.1 cm³/mol. The van der Waals surface area contributed by atoms with Crippen LogP contribution in [0.3, 0.4) is 0 Å². The largest absolute Gasteiger partial charge is 0.336 e. The van der Waals surface area contributed by atoms with Gasteiger partial charge in [-0.3, -0.25) is 9.69 Å². The van der Waals surface area contributed by atoms with Crippen LogP contribution in [0.2, 0.25) is 0 Å². The summed E-state index contributed by atoms with van der Waals surface area (Å²) in [4.78, 5) is 16.8. The first-order chi connectivity index (χ1) is 11.1. The molecule has 2 aliphatic heterocycles. The summed E-state index contributed by atoms with van der Waals surface area (Å²) in [7, 11) is 0. The second-order valence-corrected chi connectivity index (χ2v) is 6.77. The molecule has 3 rings (SSSR count). The molecule has 1 amide bonds. The number of amides is 1. The average Bonchev–Trinajstić information content (AvgIpc) is 2.58. The molecule has 2 aliphatic rings. The first-order valence-corrected chi connectivity index (χ1v) is 8.62. The van der Waals surface area contributed by atoms with Crippen molar-refractivity contribution in [1.29, 1.82) is 0 Å². The average molecular weight is 319 g/mol. The van der Waals surface area contributed by atoms with Gasteiger partial charge in [0, 0.05) is 38.3 Å². The Morgan fingerprint density at radius 1 is 1.30 bits per heavy atom. The van der Waals surface area contributed by atoms with Gasteiger partial charge in [-0.05, 0) is 56.5 Å². The van der Waals surface area contributed by atoms with Crippen LogP contribution in [0.5, 0.6) is 0 Å². The number of hydrogen-bond donors (Lipinski definition) is 1. The van der Waals surface area contributed by atoms with Crippen molar-refractivity contribution in [2.75, 3.05) is 45.8 Å². The molecule has 4 nitrogen and oxygen atoms in total. The van der Waals surface area contributed by atoms with Crippen molar-refractivity contribution >= 4 is 5.91 Å². The van der Waals surface area contributed by atoms with Gasteiger partial charge in [0.1, 0.15) is 5.82 Å². The number of aryl methyl sites for hydroxylation is 1. The maximum Gasteiger partial charge on any atom is 0.254 e. The van der Waals surface area contributed by atoms with Crippen LogP contribution in [0.4, 0.5) is 4.39 Å². The van der Waals surface area contributed by atoms with Crippen LogP contribution in [-0.4, -0.2) is 61.5 Å². The van der Waals surface area contributed by atoms with E-state index in [-0.39, 0.29) is 11.7 Å². The zero-order valence-corrected chi connectivity index (χ0v) is 13.9. The van der Waals surface area contributed by atoms with E-state index in [4.69, 9.17) is 0 Å². The highest BCUT2D eigenvalue weighted by Crippen LogP contribution is 2.16. The number of halogens is 1. The Bertz CT molecular complexity index is 549. The summed E-state index contributed by atoms with van der Waals surface area (Å²) in [5.74, 6) is 0.374. The Hall–Kier alpha value is -1.46. The lowest BCUT2D eigenvalue weighted by Crippen LogP contribution is -2.50. The van der Waals surface area contributed by atoms with E-state index in [0.29, 0.717) is 11.1 Å². The molecule has 5 heteroatoms. The highest BCUT2D eigenvalue weighted by molar-refractivity contribution is 5.94. The summed E-state index contributed by atoms with van der Waals surface area (Å²) >= 11 is 0. The maximum atomic E-state index is 13.6. The molecular weight excluding hydrogens is 293 g/mol. The Balaban J connectivity index is 1.51. The molecule has 1 aromatic rings. The molecular formula is C18H26FN3O. The predicted octanol–water partition coefficient (Wildman–Crippen LogP) is 1.89. The van der Waals surface area contributed by atoms with E-state index >= 15 is 0 Å². The zero-order valence-electron chi connectivity index (χ0n) is 13.9. The molecule has 2 fully saturated rings. The molecule has 126 valence electrons. The quantitative estimate of drug-likeness (QED) is 0.924. The second-order valence-electron chi connectivity index (χ2n) is 6.77. The number of benzene rings is 1. The zero-order chi connectivity index (χ0) is 16.2. The molecule has 1 unspecified atom stereocenters. The monoisotopic (exact) mass is 319 g/mol. The maximum absolute atomic E-state index is 13.6. The minimum Gasteiger partial charge on any atom is -0.336 e. The molecule has 0 radical (unpaired) electrons. The van der Waals surface area contributed by atoms with Gasteiger partial charge >= 0.3 is 0 Å². The number of hydrogen-bond acceptors (Lipinski definition) is 3. The lowest BCUT2D eigenvalue weighted by Gasteiger charge is -2.37. The van der Waals surface area contributed by atoms with Crippen LogP contribution in [0.25, 0.3) is 0 Å². The number of nitrogens with zero attached hydrogens (tertiary/aromatic N) is 2. The number of carbonyl (C=O) groups excluding carboxylic acids is 1. The van der Waals surface area contributed by atoms with Gasteiger partial charge < -0.3 is 10.2 Å². The smallest absolute Gasteiger partial charge is 0.254 e. The summed E-state index contributed by atoms with van der Waals surface area (Å²) in [6, 6.07) is 4.76. The highest BCUT2D eigenvalue weighted by Gasteiger charge is 2.24. The third kappa shape index (κ3) is 4.09. The van der Waals surface area contributed by atoms with Gasteiger partial charge in [0.2, 0.25) is 0 Å². The summed E-state index contributed by atoms with van der Waals surface area (Å²) in [5, 5.41) is 3.46. The fourth-order valence-electron chi connectivity index (χ4n) is 3.49. The fourth-order valence-corrected chi connectivity index (χ4v) is 3.49. The van der Waals surface area contributed by atoms with Crippen molar-refractivity contribution < 1.29 is 9.18 Å². The van der Waals surface area contributed by atoms with Crippen LogP contribution in [0.15, 0.2) is 18.2 Å². The van der Waals surface area contributed by atoms with Crippen molar-refractivity contribution in [3.63, 3.8) is 0 Å². The summed E-state index contributed by atoms with van der Waals surface area (Å²) in [6.45, 7) is 8.38. The van der Waals surface area contributed by atoms with Crippen molar-refractivity contribution in [1.82, 2.24) is 15.1 Å². The van der Waals surface area contributed by atoms with E-state index in [9.17, 15) is 9.18 Å². The molecule has 0 spiro atoms. The van der Waals surface area contributed by atoms with Gasteiger partial charge in [0.15, 0.2) is 0 Å². The van der Waals surface area contributed by atoms with Gasteiger partial charge in [-0.1, -0.05) is 6.07 Å². The standard InChI is InChI=1S/C18H26FN3O/c1-14-4-5-16(11-17(14)19)18(23)22-9-7-21(8-10-22)13-15-3-2-6-20-12-15/h4-5,11,15,20H,2-3,6-10,12-13H2,1H3. The number of piperazine rings is 1. The molecule has 1 atom stereocenters. The Labute approximate surface area is 137 Å². The number of carbonyl (C=O) groups is 1. The molecule has 2 saturated heterocycles. The van der Waals surface area contributed by atoms with E-state index in [1.807, 2.05) is 4.90 Å². The van der Waals surface area contributed by atoms with Crippen molar-refractivity contribution in [2.45, 2.75) is 19.8 Å². The van der Waals surface area contributed by atoms with Crippen LogP contribution >= 0.6 is 0 Å². The van der Waals surface area contributed by atoms with E-state index in [2.05, 4.69) is 10.2 Å². The van der Waals surface area contributed by atoms with E-state index < -0.39 is 0 Å². The minimum atomic E-state index is -0.306. The Morgan fingerprint density at radius 3 is 2.74 bits per heavy atom. The first-order valence-electron chi connectivity index (χ1n) is 8.62. The SMILES string of the molecule is Cc1ccc(C(=O)N2CCN(CC3CCCNC3)CC2)cc1F. The molecule has 0 bridgehead atoms. The topological polar surface area (TPSA) is 35.6 Å². The van der Waals surface area contributed by atoms with E-state index in [1.165, 1.54) is 18.9 Å². The molecule has 2 heterocycles. The number of nitrogens with one attached hydrogen (secondary N) is 1. The number of piperidine rings is 1. The van der Waals surface area contributed by atoms with Crippen LogP contribution in [0, 0.1) is 18.7 Å². The van der Waals surface area contributed by atoms with Crippen LogP contribution in [0.1, 0.15) is 28.8 Å². The fraction of sp³-hybridized carbons (Fsp3) is 0.611. The normalized spacial score (nSPS) is 23.0. The minimum absolute atomic E-state index is 0.0529. The lowest BCUT2D eigenvalue weighted by molar-refractivity contribution is 0.0609. The Morgan fingerprint density at radius 2 is 2.09 bits per heavy atom.